The number of ether oxygens (including phenoxy) is 1. The average Bonchev–Trinajstić information content (AvgIpc) is 3.19. The van der Waals surface area contributed by atoms with Gasteiger partial charge in [-0.2, -0.15) is 0 Å². The lowest BCUT2D eigenvalue weighted by molar-refractivity contribution is 0.0729. The molecule has 2 atom stereocenters. The third-order valence-corrected chi connectivity index (χ3v) is 4.64. The van der Waals surface area contributed by atoms with E-state index in [1.165, 1.54) is 7.11 Å². The molecule has 0 aliphatic carbocycles. The lowest BCUT2D eigenvalue weighted by Crippen LogP contribution is -2.41. The maximum Gasteiger partial charge on any atom is 0.322 e. The van der Waals surface area contributed by atoms with Gasteiger partial charge in [-0.15, -0.1) is 0 Å². The largest absolute Gasteiger partial charge is 0.495 e. The number of hydrogen-bond donors (Lipinski definition) is 2. The molecule has 3 amide bonds. The SMILES string of the molecule is CNC[C@@H]1C[C@H](F)CN1C(=O)c1ccc(OC)c(N2CCNC2=O)c1. The molecule has 0 saturated carbocycles. The van der Waals surface area contributed by atoms with Gasteiger partial charge in [0.05, 0.1) is 19.3 Å². The van der Waals surface area contributed by atoms with Crippen LogP contribution in [0, 0.1) is 0 Å². The molecule has 0 bridgehead atoms. The number of amides is 3. The van der Waals surface area contributed by atoms with E-state index in [0.717, 1.165) is 0 Å². The molecule has 1 aromatic carbocycles. The summed E-state index contributed by atoms with van der Waals surface area (Å²) in [4.78, 5) is 28.0. The number of methoxy groups -OCH3 is 1. The van der Waals surface area contributed by atoms with E-state index in [2.05, 4.69) is 10.6 Å². The number of hydrogen-bond acceptors (Lipinski definition) is 4. The van der Waals surface area contributed by atoms with Gasteiger partial charge in [0.15, 0.2) is 0 Å². The predicted octanol–water partition coefficient (Wildman–Crippen LogP) is 0.997. The van der Waals surface area contributed by atoms with Gasteiger partial charge < -0.3 is 20.3 Å². The summed E-state index contributed by atoms with van der Waals surface area (Å²) in [7, 11) is 3.30. The second-order valence-corrected chi connectivity index (χ2v) is 6.27. The molecular weight excluding hydrogens is 327 g/mol. The molecule has 2 heterocycles. The van der Waals surface area contributed by atoms with Crippen LogP contribution in [0.1, 0.15) is 16.8 Å². The first kappa shape index (κ1) is 17.5. The van der Waals surface area contributed by atoms with E-state index in [9.17, 15) is 14.0 Å². The Hall–Kier alpha value is -2.35. The lowest BCUT2D eigenvalue weighted by atomic mass is 10.1. The number of carbonyl (C=O) groups is 2. The van der Waals surface area contributed by atoms with Crippen LogP contribution in [0.2, 0.25) is 0 Å². The van der Waals surface area contributed by atoms with Crippen LogP contribution in [0.5, 0.6) is 5.75 Å². The molecule has 0 unspecified atom stereocenters. The third kappa shape index (κ3) is 3.39. The first-order chi connectivity index (χ1) is 12.0. The van der Waals surface area contributed by atoms with Crippen LogP contribution in [-0.2, 0) is 0 Å². The van der Waals surface area contributed by atoms with Crippen LogP contribution in [-0.4, -0.2) is 69.4 Å². The second-order valence-electron chi connectivity index (χ2n) is 6.27. The maximum absolute atomic E-state index is 13.8. The van der Waals surface area contributed by atoms with E-state index in [-0.39, 0.29) is 24.5 Å². The molecule has 136 valence electrons. The Kier molecular flexibility index (Phi) is 5.08. The van der Waals surface area contributed by atoms with Crippen molar-refractivity contribution in [2.45, 2.75) is 18.6 Å². The van der Waals surface area contributed by atoms with E-state index in [1.54, 1.807) is 35.0 Å². The molecule has 1 aromatic rings. The Labute approximate surface area is 146 Å². The molecule has 2 aliphatic rings. The van der Waals surface area contributed by atoms with Crippen LogP contribution in [0.4, 0.5) is 14.9 Å². The van der Waals surface area contributed by atoms with Crippen molar-refractivity contribution in [3.05, 3.63) is 23.8 Å². The molecule has 2 aliphatic heterocycles. The minimum absolute atomic E-state index is 0.0940. The number of urea groups is 1. The molecule has 0 radical (unpaired) electrons. The Balaban J connectivity index is 1.89. The number of rotatable bonds is 5. The normalized spacial score (nSPS) is 23.1. The van der Waals surface area contributed by atoms with E-state index in [1.807, 2.05) is 0 Å². The Morgan fingerprint density at radius 3 is 2.92 bits per heavy atom. The minimum atomic E-state index is -1.01. The molecule has 2 N–H and O–H groups in total. The first-order valence-electron chi connectivity index (χ1n) is 8.38. The molecule has 0 spiro atoms. The van der Waals surface area contributed by atoms with Crippen LogP contribution in [0.15, 0.2) is 18.2 Å². The molecule has 2 fully saturated rings. The summed E-state index contributed by atoms with van der Waals surface area (Å²) >= 11 is 0. The number of halogens is 1. The van der Waals surface area contributed by atoms with Crippen molar-refractivity contribution < 1.29 is 18.7 Å². The zero-order valence-electron chi connectivity index (χ0n) is 14.4. The van der Waals surface area contributed by atoms with E-state index in [0.29, 0.717) is 43.1 Å². The number of alkyl halides is 1. The smallest absolute Gasteiger partial charge is 0.322 e. The van der Waals surface area contributed by atoms with E-state index in [4.69, 9.17) is 4.74 Å². The van der Waals surface area contributed by atoms with Crippen molar-refractivity contribution in [2.75, 3.05) is 45.2 Å². The molecule has 2 saturated heterocycles. The predicted molar refractivity (Wildman–Crippen MR) is 92.0 cm³/mol. The van der Waals surface area contributed by atoms with Gasteiger partial charge in [-0.05, 0) is 25.2 Å². The number of likely N-dealkylation sites (N-methyl/N-ethyl adjacent to an activating group) is 1. The highest BCUT2D eigenvalue weighted by atomic mass is 19.1. The Bertz CT molecular complexity index is 669. The second kappa shape index (κ2) is 7.26. The molecule has 3 rings (SSSR count). The summed E-state index contributed by atoms with van der Waals surface area (Å²) in [5.74, 6) is 0.286. The van der Waals surface area contributed by atoms with E-state index < -0.39 is 6.17 Å². The van der Waals surface area contributed by atoms with Crippen molar-refractivity contribution >= 4 is 17.6 Å². The van der Waals surface area contributed by atoms with Gasteiger partial charge in [0.25, 0.3) is 5.91 Å². The molecule has 8 heteroatoms. The minimum Gasteiger partial charge on any atom is -0.495 e. The van der Waals surface area contributed by atoms with Crippen molar-refractivity contribution in [3.8, 4) is 5.75 Å². The highest BCUT2D eigenvalue weighted by Crippen LogP contribution is 2.32. The number of carbonyl (C=O) groups excluding carboxylic acids is 2. The van der Waals surface area contributed by atoms with Gasteiger partial charge in [-0.25, -0.2) is 9.18 Å². The average molecular weight is 350 g/mol. The zero-order chi connectivity index (χ0) is 18.0. The molecule has 25 heavy (non-hydrogen) atoms. The fourth-order valence-corrected chi connectivity index (χ4v) is 3.44. The number of nitrogens with one attached hydrogen (secondary N) is 2. The van der Waals surface area contributed by atoms with Gasteiger partial charge in [0.2, 0.25) is 0 Å². The van der Waals surface area contributed by atoms with E-state index >= 15 is 0 Å². The summed E-state index contributed by atoms with van der Waals surface area (Å²) in [6.07, 6.45) is -0.672. The van der Waals surface area contributed by atoms with Crippen LogP contribution >= 0.6 is 0 Å². The summed E-state index contributed by atoms with van der Waals surface area (Å²) in [5, 5.41) is 5.74. The third-order valence-electron chi connectivity index (χ3n) is 4.64. The quantitative estimate of drug-likeness (QED) is 0.831. The first-order valence-corrected chi connectivity index (χ1v) is 8.38. The van der Waals surface area contributed by atoms with Gasteiger partial charge in [0, 0.05) is 37.7 Å². The highest BCUT2D eigenvalue weighted by Gasteiger charge is 2.36. The topological polar surface area (TPSA) is 73.9 Å². The summed E-state index contributed by atoms with van der Waals surface area (Å²) < 4.78 is 19.1. The summed E-state index contributed by atoms with van der Waals surface area (Å²) in [6.45, 7) is 1.69. The zero-order valence-corrected chi connectivity index (χ0v) is 14.4. The molecule has 7 nitrogen and oxygen atoms in total. The Morgan fingerprint density at radius 2 is 2.28 bits per heavy atom. The van der Waals surface area contributed by atoms with Crippen LogP contribution in [0.25, 0.3) is 0 Å². The maximum atomic E-state index is 13.8. The Morgan fingerprint density at radius 1 is 1.48 bits per heavy atom. The van der Waals surface area contributed by atoms with Crippen LogP contribution < -0.4 is 20.3 Å². The van der Waals surface area contributed by atoms with Gasteiger partial charge >= 0.3 is 6.03 Å². The lowest BCUT2D eigenvalue weighted by Gasteiger charge is -2.25. The van der Waals surface area contributed by atoms with Crippen molar-refractivity contribution in [3.63, 3.8) is 0 Å². The van der Waals surface area contributed by atoms with Crippen molar-refractivity contribution in [1.29, 1.82) is 0 Å². The van der Waals surface area contributed by atoms with Crippen LogP contribution in [0.3, 0.4) is 0 Å². The van der Waals surface area contributed by atoms with Crippen molar-refractivity contribution in [2.24, 2.45) is 0 Å². The standard InChI is InChI=1S/C17H23FN4O3/c1-19-9-13-8-12(18)10-22(13)16(23)11-3-4-15(25-2)14(7-11)21-6-5-20-17(21)24/h3-4,7,12-13,19H,5-6,8-10H2,1-2H3,(H,20,24)/t12-,13-/m0/s1. The summed E-state index contributed by atoms with van der Waals surface area (Å²) in [5.41, 5.74) is 0.968. The van der Waals surface area contributed by atoms with Crippen molar-refractivity contribution in [1.82, 2.24) is 15.5 Å². The van der Waals surface area contributed by atoms with Gasteiger partial charge in [-0.3, -0.25) is 9.69 Å². The highest BCUT2D eigenvalue weighted by molar-refractivity contribution is 6.00. The fourth-order valence-electron chi connectivity index (χ4n) is 3.44. The fraction of sp³-hybridized carbons (Fsp3) is 0.529. The number of benzene rings is 1. The number of likely N-dealkylation sites (tertiary alicyclic amines) is 1. The van der Waals surface area contributed by atoms with Gasteiger partial charge in [0.1, 0.15) is 11.9 Å². The van der Waals surface area contributed by atoms with Gasteiger partial charge in [-0.1, -0.05) is 0 Å². The monoisotopic (exact) mass is 350 g/mol. The number of anilines is 1. The summed E-state index contributed by atoms with van der Waals surface area (Å²) in [6, 6.07) is 4.58. The molecule has 0 aromatic heterocycles. The molecular formula is C17H23FN4O3. The number of nitrogens with zero attached hydrogens (tertiary/aromatic N) is 2.